The van der Waals surface area contributed by atoms with E-state index in [-0.39, 0.29) is 18.0 Å². The van der Waals surface area contributed by atoms with Gasteiger partial charge in [0.1, 0.15) is 0 Å². The molecule has 1 aromatic rings. The van der Waals surface area contributed by atoms with Crippen molar-refractivity contribution in [1.29, 1.82) is 0 Å². The SMILES string of the molecule is CC(C)NC(=O)NC(N)=Nc1ccc(Cl)cc1. The quantitative estimate of drug-likeness (QED) is 0.557. The topological polar surface area (TPSA) is 79.5 Å². The third-order valence-electron chi connectivity index (χ3n) is 1.74. The highest BCUT2D eigenvalue weighted by molar-refractivity contribution is 6.30. The van der Waals surface area contributed by atoms with Gasteiger partial charge < -0.3 is 11.1 Å². The molecule has 0 aliphatic carbocycles. The molecule has 0 saturated carbocycles. The van der Waals surface area contributed by atoms with Crippen LogP contribution in [0.15, 0.2) is 29.3 Å². The lowest BCUT2D eigenvalue weighted by atomic mass is 10.3. The van der Waals surface area contributed by atoms with Crippen LogP contribution in [0.3, 0.4) is 0 Å². The first-order valence-electron chi connectivity index (χ1n) is 5.14. The number of nitrogens with one attached hydrogen (secondary N) is 2. The van der Waals surface area contributed by atoms with Gasteiger partial charge in [-0.25, -0.2) is 9.79 Å². The Kier molecular flexibility index (Phi) is 4.78. The minimum absolute atomic E-state index is 0.0328. The number of hydrogen-bond acceptors (Lipinski definition) is 2. The molecule has 0 unspecified atom stereocenters. The molecule has 2 amide bonds. The van der Waals surface area contributed by atoms with Crippen LogP contribution >= 0.6 is 11.6 Å². The van der Waals surface area contributed by atoms with E-state index in [1.807, 2.05) is 13.8 Å². The summed E-state index contributed by atoms with van der Waals surface area (Å²) >= 11 is 5.73. The van der Waals surface area contributed by atoms with E-state index in [1.54, 1.807) is 24.3 Å². The fourth-order valence-electron chi connectivity index (χ4n) is 1.10. The Labute approximate surface area is 105 Å². The molecule has 1 aromatic carbocycles. The molecule has 0 aliphatic rings. The average molecular weight is 255 g/mol. The molecule has 0 saturated heterocycles. The number of hydrogen-bond donors (Lipinski definition) is 3. The van der Waals surface area contributed by atoms with E-state index in [1.165, 1.54) is 0 Å². The van der Waals surface area contributed by atoms with E-state index >= 15 is 0 Å². The van der Waals surface area contributed by atoms with Gasteiger partial charge in [0.05, 0.1) is 5.69 Å². The van der Waals surface area contributed by atoms with Gasteiger partial charge in [0.15, 0.2) is 0 Å². The highest BCUT2D eigenvalue weighted by Crippen LogP contribution is 2.15. The standard InChI is InChI=1S/C11H15ClN4O/c1-7(2)14-11(17)16-10(13)15-9-5-3-8(12)4-6-9/h3-7H,1-2H3,(H4,13,14,15,16,17). The van der Waals surface area contributed by atoms with Crippen LogP contribution < -0.4 is 16.4 Å². The minimum Gasteiger partial charge on any atom is -0.369 e. The van der Waals surface area contributed by atoms with Gasteiger partial charge in [-0.05, 0) is 38.1 Å². The van der Waals surface area contributed by atoms with Crippen molar-refractivity contribution in [2.24, 2.45) is 10.7 Å². The van der Waals surface area contributed by atoms with Gasteiger partial charge in [0.25, 0.3) is 0 Å². The highest BCUT2D eigenvalue weighted by Gasteiger charge is 2.03. The van der Waals surface area contributed by atoms with Crippen molar-refractivity contribution >= 4 is 29.3 Å². The smallest absolute Gasteiger partial charge is 0.321 e. The lowest BCUT2D eigenvalue weighted by Gasteiger charge is -2.09. The largest absolute Gasteiger partial charge is 0.369 e. The molecule has 0 bridgehead atoms. The molecule has 0 aromatic heterocycles. The number of guanidine groups is 1. The summed E-state index contributed by atoms with van der Waals surface area (Å²) in [5.41, 5.74) is 6.19. The summed E-state index contributed by atoms with van der Waals surface area (Å²) < 4.78 is 0. The highest BCUT2D eigenvalue weighted by atomic mass is 35.5. The first-order valence-corrected chi connectivity index (χ1v) is 5.52. The molecular formula is C11H15ClN4O. The van der Waals surface area contributed by atoms with Gasteiger partial charge in [0.2, 0.25) is 5.96 Å². The zero-order valence-electron chi connectivity index (χ0n) is 9.70. The number of aliphatic imine (C=N–C) groups is 1. The van der Waals surface area contributed by atoms with Gasteiger partial charge in [-0.2, -0.15) is 0 Å². The zero-order valence-corrected chi connectivity index (χ0v) is 10.5. The van der Waals surface area contributed by atoms with Gasteiger partial charge in [-0.3, -0.25) is 5.32 Å². The maximum atomic E-state index is 11.3. The van der Waals surface area contributed by atoms with E-state index in [0.717, 1.165) is 0 Å². The van der Waals surface area contributed by atoms with Crippen LogP contribution in [0.2, 0.25) is 5.02 Å². The average Bonchev–Trinajstić information content (AvgIpc) is 2.19. The second-order valence-corrected chi connectivity index (χ2v) is 4.16. The lowest BCUT2D eigenvalue weighted by molar-refractivity contribution is 0.243. The molecular weight excluding hydrogens is 240 g/mol. The molecule has 0 fully saturated rings. The first kappa shape index (κ1) is 13.3. The normalized spacial score (nSPS) is 11.4. The number of nitrogens with zero attached hydrogens (tertiary/aromatic N) is 1. The van der Waals surface area contributed by atoms with Crippen molar-refractivity contribution in [3.63, 3.8) is 0 Å². The van der Waals surface area contributed by atoms with E-state index < -0.39 is 0 Å². The second kappa shape index (κ2) is 6.10. The molecule has 0 heterocycles. The van der Waals surface area contributed by atoms with Crippen LogP contribution in [0.25, 0.3) is 0 Å². The van der Waals surface area contributed by atoms with Crippen LogP contribution in [0.4, 0.5) is 10.5 Å². The Morgan fingerprint density at radius 1 is 1.35 bits per heavy atom. The van der Waals surface area contributed by atoms with E-state index in [4.69, 9.17) is 17.3 Å². The summed E-state index contributed by atoms with van der Waals surface area (Å²) in [5, 5.41) is 5.67. The predicted molar refractivity (Wildman–Crippen MR) is 69.5 cm³/mol. The van der Waals surface area contributed by atoms with Crippen molar-refractivity contribution in [3.05, 3.63) is 29.3 Å². The number of urea groups is 1. The predicted octanol–water partition coefficient (Wildman–Crippen LogP) is 1.99. The van der Waals surface area contributed by atoms with Gasteiger partial charge >= 0.3 is 6.03 Å². The van der Waals surface area contributed by atoms with E-state index in [9.17, 15) is 4.79 Å². The summed E-state index contributed by atoms with van der Waals surface area (Å²) in [6, 6.07) is 6.46. The molecule has 6 heteroatoms. The summed E-state index contributed by atoms with van der Waals surface area (Å²) in [5.74, 6) is 0.0328. The Bertz CT molecular complexity index is 414. The molecule has 0 spiro atoms. The zero-order chi connectivity index (χ0) is 12.8. The first-order chi connectivity index (χ1) is 7.97. The Balaban J connectivity index is 2.60. The Morgan fingerprint density at radius 3 is 2.47 bits per heavy atom. The fraction of sp³-hybridized carbons (Fsp3) is 0.273. The van der Waals surface area contributed by atoms with Gasteiger partial charge in [0, 0.05) is 11.1 Å². The number of benzene rings is 1. The minimum atomic E-state index is -0.379. The van der Waals surface area contributed by atoms with E-state index in [0.29, 0.717) is 10.7 Å². The van der Waals surface area contributed by atoms with Crippen molar-refractivity contribution in [1.82, 2.24) is 10.6 Å². The molecule has 17 heavy (non-hydrogen) atoms. The van der Waals surface area contributed by atoms with Gasteiger partial charge in [-0.1, -0.05) is 11.6 Å². The van der Waals surface area contributed by atoms with Crippen molar-refractivity contribution < 1.29 is 4.79 Å². The molecule has 4 N–H and O–H groups in total. The van der Waals surface area contributed by atoms with Crippen LogP contribution in [-0.4, -0.2) is 18.0 Å². The van der Waals surface area contributed by atoms with Crippen molar-refractivity contribution in [2.75, 3.05) is 0 Å². The summed E-state index contributed by atoms with van der Waals surface area (Å²) in [6.07, 6.45) is 0. The molecule has 0 atom stereocenters. The molecule has 92 valence electrons. The van der Waals surface area contributed by atoms with Crippen LogP contribution in [0.1, 0.15) is 13.8 Å². The number of carbonyl (C=O) groups is 1. The molecule has 0 radical (unpaired) electrons. The lowest BCUT2D eigenvalue weighted by Crippen LogP contribution is -2.45. The van der Waals surface area contributed by atoms with Crippen LogP contribution in [0.5, 0.6) is 0 Å². The summed E-state index contributed by atoms with van der Waals surface area (Å²) in [7, 11) is 0. The summed E-state index contributed by atoms with van der Waals surface area (Å²) in [4.78, 5) is 15.3. The van der Waals surface area contributed by atoms with Crippen molar-refractivity contribution in [2.45, 2.75) is 19.9 Å². The van der Waals surface area contributed by atoms with Crippen LogP contribution in [-0.2, 0) is 0 Å². The number of halogens is 1. The third-order valence-corrected chi connectivity index (χ3v) is 1.99. The molecule has 1 rings (SSSR count). The Hall–Kier alpha value is -1.75. The number of rotatable bonds is 2. The number of nitrogens with two attached hydrogens (primary N) is 1. The Morgan fingerprint density at radius 2 is 1.94 bits per heavy atom. The van der Waals surface area contributed by atoms with Crippen molar-refractivity contribution in [3.8, 4) is 0 Å². The third kappa shape index (κ3) is 5.21. The van der Waals surface area contributed by atoms with E-state index in [2.05, 4.69) is 15.6 Å². The molecule has 5 nitrogen and oxygen atoms in total. The fourth-order valence-corrected chi connectivity index (χ4v) is 1.22. The molecule has 0 aliphatic heterocycles. The maximum Gasteiger partial charge on any atom is 0.321 e. The second-order valence-electron chi connectivity index (χ2n) is 3.73. The summed E-state index contributed by atoms with van der Waals surface area (Å²) in [6.45, 7) is 3.71. The maximum absolute atomic E-state index is 11.3. The number of carbonyl (C=O) groups excluding carboxylic acids is 1. The monoisotopic (exact) mass is 254 g/mol. The van der Waals surface area contributed by atoms with Gasteiger partial charge in [-0.15, -0.1) is 0 Å². The van der Waals surface area contributed by atoms with Crippen LogP contribution in [0, 0.1) is 0 Å². The number of amides is 2.